The summed E-state index contributed by atoms with van der Waals surface area (Å²) < 4.78 is 7.86. The van der Waals surface area contributed by atoms with Crippen molar-refractivity contribution in [2.75, 3.05) is 13.7 Å². The minimum absolute atomic E-state index is 0.249. The molecule has 242 valence electrons. The molecule has 1 amide bonds. The molecular formula is C38H46N4O4. The highest BCUT2D eigenvalue weighted by Crippen LogP contribution is 2.33. The Balaban J connectivity index is 1.59. The van der Waals surface area contributed by atoms with Gasteiger partial charge < -0.3 is 20.1 Å². The fourth-order valence-corrected chi connectivity index (χ4v) is 6.68. The molecule has 8 heteroatoms. The molecule has 1 saturated carbocycles. The minimum Gasteiger partial charge on any atom is -0.497 e. The second kappa shape index (κ2) is 15.7. The molecule has 1 heterocycles. The molecule has 5 rings (SSSR count). The highest BCUT2D eigenvalue weighted by molar-refractivity contribution is 5.95. The highest BCUT2D eigenvalue weighted by Gasteiger charge is 2.25. The number of nitrogens with two attached hydrogens (primary N) is 1. The number of primary amides is 1. The predicted molar refractivity (Wildman–Crippen MR) is 182 cm³/mol. The zero-order valence-electron chi connectivity index (χ0n) is 27.1. The third kappa shape index (κ3) is 8.23. The van der Waals surface area contributed by atoms with Gasteiger partial charge in [0.05, 0.1) is 24.9 Å². The van der Waals surface area contributed by atoms with Gasteiger partial charge in [0.2, 0.25) is 5.91 Å². The van der Waals surface area contributed by atoms with Crippen LogP contribution in [0.1, 0.15) is 79.0 Å². The maximum Gasteiger partial charge on any atom is 0.307 e. The third-order valence-electron chi connectivity index (χ3n) is 9.00. The second-order valence-electron chi connectivity index (χ2n) is 12.4. The van der Waals surface area contributed by atoms with Crippen molar-refractivity contribution >= 4 is 11.9 Å². The van der Waals surface area contributed by atoms with Gasteiger partial charge in [-0.15, -0.1) is 0 Å². The Morgan fingerprint density at radius 2 is 1.72 bits per heavy atom. The second-order valence-corrected chi connectivity index (χ2v) is 12.4. The lowest BCUT2D eigenvalue weighted by atomic mass is 9.88. The predicted octanol–water partition coefficient (Wildman–Crippen LogP) is 7.33. The van der Waals surface area contributed by atoms with E-state index in [1.54, 1.807) is 13.2 Å². The van der Waals surface area contributed by atoms with Gasteiger partial charge in [-0.25, -0.2) is 4.98 Å². The molecule has 0 saturated heterocycles. The van der Waals surface area contributed by atoms with Crippen LogP contribution in [0.4, 0.5) is 0 Å². The van der Waals surface area contributed by atoms with E-state index in [1.165, 1.54) is 32.1 Å². The highest BCUT2D eigenvalue weighted by atomic mass is 16.5. The molecule has 1 fully saturated rings. The Labute approximate surface area is 272 Å². The van der Waals surface area contributed by atoms with Gasteiger partial charge in [-0.05, 0) is 66.6 Å². The molecule has 3 aromatic carbocycles. The summed E-state index contributed by atoms with van der Waals surface area (Å²) in [6.45, 7) is 5.28. The fourth-order valence-electron chi connectivity index (χ4n) is 6.68. The van der Waals surface area contributed by atoms with Gasteiger partial charge in [-0.2, -0.15) is 0 Å². The van der Waals surface area contributed by atoms with Gasteiger partial charge in [0.15, 0.2) is 0 Å². The monoisotopic (exact) mass is 622 g/mol. The summed E-state index contributed by atoms with van der Waals surface area (Å²) in [7, 11) is 1.68. The zero-order chi connectivity index (χ0) is 32.5. The van der Waals surface area contributed by atoms with E-state index in [-0.39, 0.29) is 12.0 Å². The molecule has 1 aliphatic carbocycles. The summed E-state index contributed by atoms with van der Waals surface area (Å²) in [5.41, 5.74) is 11.5. The largest absolute Gasteiger partial charge is 0.497 e. The van der Waals surface area contributed by atoms with E-state index < -0.39 is 11.9 Å². The molecule has 0 unspecified atom stereocenters. The number of carbonyl (C=O) groups excluding carboxylic acids is 1. The summed E-state index contributed by atoms with van der Waals surface area (Å²) in [5.74, 6) is 0.745. The number of ether oxygens (including phenoxy) is 1. The molecule has 46 heavy (non-hydrogen) atoms. The van der Waals surface area contributed by atoms with E-state index in [9.17, 15) is 14.7 Å². The number of methoxy groups -OCH3 is 1. The van der Waals surface area contributed by atoms with Gasteiger partial charge in [0.1, 0.15) is 11.6 Å². The Kier molecular flexibility index (Phi) is 11.3. The van der Waals surface area contributed by atoms with Gasteiger partial charge >= 0.3 is 5.97 Å². The Hall–Kier alpha value is -4.43. The van der Waals surface area contributed by atoms with Crippen molar-refractivity contribution in [3.05, 3.63) is 95.2 Å². The first kappa shape index (κ1) is 32.9. The summed E-state index contributed by atoms with van der Waals surface area (Å²) in [6.07, 6.45) is 8.04. The maximum atomic E-state index is 12.1. The van der Waals surface area contributed by atoms with Crippen LogP contribution in [0, 0.1) is 5.92 Å². The minimum atomic E-state index is -0.990. The number of carboxylic acids is 1. The first-order valence-corrected chi connectivity index (χ1v) is 16.5. The number of rotatable bonds is 15. The number of aliphatic carboxylic acids is 1. The van der Waals surface area contributed by atoms with Crippen LogP contribution in [0.5, 0.6) is 5.75 Å². The van der Waals surface area contributed by atoms with Crippen molar-refractivity contribution < 1.29 is 19.4 Å². The lowest BCUT2D eigenvalue weighted by Gasteiger charge is -2.30. The number of aromatic nitrogens is 2. The summed E-state index contributed by atoms with van der Waals surface area (Å²) in [6, 6.07) is 23.9. The number of amides is 1. The average Bonchev–Trinajstić information content (AvgIpc) is 3.41. The molecule has 0 radical (unpaired) electrons. The molecule has 1 aliphatic rings. The van der Waals surface area contributed by atoms with E-state index in [4.69, 9.17) is 15.5 Å². The summed E-state index contributed by atoms with van der Waals surface area (Å²) in [4.78, 5) is 31.6. The van der Waals surface area contributed by atoms with Crippen molar-refractivity contribution in [2.45, 2.75) is 77.9 Å². The first-order chi connectivity index (χ1) is 22.4. The number of carboxylic acid groups (broad SMARTS) is 1. The van der Waals surface area contributed by atoms with Crippen LogP contribution in [-0.4, -0.2) is 45.1 Å². The Morgan fingerprint density at radius 1 is 0.978 bits per heavy atom. The Bertz CT molecular complexity index is 1610. The third-order valence-corrected chi connectivity index (χ3v) is 9.00. The van der Waals surface area contributed by atoms with Gasteiger partial charge in [0.25, 0.3) is 0 Å². The van der Waals surface area contributed by atoms with E-state index in [0.717, 1.165) is 65.6 Å². The SMILES string of the molecule is CCCCn1c(-c2ccccc2)nc(-c2ccc(OC)cc2)c1CN(Cc1ccc(C(N)=O)c(CC(=O)O)c1)CC1CCCCC1. The average molecular weight is 623 g/mol. The van der Waals surface area contributed by atoms with E-state index in [2.05, 4.69) is 52.8 Å². The van der Waals surface area contributed by atoms with Crippen LogP contribution in [0.3, 0.4) is 0 Å². The number of nitrogens with zero attached hydrogens (tertiary/aromatic N) is 3. The van der Waals surface area contributed by atoms with E-state index >= 15 is 0 Å². The smallest absolute Gasteiger partial charge is 0.307 e. The first-order valence-electron chi connectivity index (χ1n) is 16.5. The molecule has 0 atom stereocenters. The van der Waals surface area contributed by atoms with Crippen molar-refractivity contribution in [3.63, 3.8) is 0 Å². The van der Waals surface area contributed by atoms with Gasteiger partial charge in [-0.1, -0.05) is 75.1 Å². The molecule has 4 aromatic rings. The molecule has 0 spiro atoms. The van der Waals surface area contributed by atoms with Crippen molar-refractivity contribution in [1.29, 1.82) is 0 Å². The van der Waals surface area contributed by atoms with Crippen LogP contribution < -0.4 is 10.5 Å². The topological polar surface area (TPSA) is 111 Å². The molecular weight excluding hydrogens is 576 g/mol. The summed E-state index contributed by atoms with van der Waals surface area (Å²) >= 11 is 0. The standard InChI is InChI=1S/C38H46N4O4/c1-3-4-21-42-34(36(29-16-18-32(46-2)19-17-29)40-38(42)30-13-9-6-10-14-30)26-41(24-27-11-7-5-8-12-27)25-28-15-20-33(37(39)45)31(22-28)23-35(43)44/h6,9-10,13-20,22,27H,3-5,7-8,11-12,21,23-26H2,1-2H3,(H2,39,45)(H,43,44). The Morgan fingerprint density at radius 3 is 2.37 bits per heavy atom. The van der Waals surface area contributed by atoms with Crippen LogP contribution in [0.25, 0.3) is 22.6 Å². The van der Waals surface area contributed by atoms with Crippen LogP contribution in [-0.2, 0) is 30.8 Å². The van der Waals surface area contributed by atoms with Crippen molar-refractivity contribution in [1.82, 2.24) is 14.5 Å². The van der Waals surface area contributed by atoms with Gasteiger partial charge in [0, 0.05) is 42.9 Å². The number of imidazole rings is 1. The quantitative estimate of drug-likeness (QED) is 0.144. The van der Waals surface area contributed by atoms with Crippen LogP contribution in [0.2, 0.25) is 0 Å². The van der Waals surface area contributed by atoms with Crippen LogP contribution >= 0.6 is 0 Å². The number of benzene rings is 3. The molecule has 0 bridgehead atoms. The maximum absolute atomic E-state index is 12.1. The number of hydrogen-bond acceptors (Lipinski definition) is 5. The lowest BCUT2D eigenvalue weighted by molar-refractivity contribution is -0.136. The molecule has 3 N–H and O–H groups in total. The van der Waals surface area contributed by atoms with Crippen molar-refractivity contribution in [2.24, 2.45) is 11.7 Å². The number of unbranched alkanes of at least 4 members (excludes halogenated alkanes) is 1. The molecule has 1 aromatic heterocycles. The van der Waals surface area contributed by atoms with Crippen molar-refractivity contribution in [3.8, 4) is 28.4 Å². The lowest BCUT2D eigenvalue weighted by Crippen LogP contribution is -2.31. The normalized spacial score (nSPS) is 13.6. The molecule has 8 nitrogen and oxygen atoms in total. The number of hydrogen-bond donors (Lipinski definition) is 2. The van der Waals surface area contributed by atoms with E-state index in [1.807, 2.05) is 30.3 Å². The fraction of sp³-hybridized carbons (Fsp3) is 0.395. The number of carbonyl (C=O) groups is 2. The zero-order valence-corrected chi connectivity index (χ0v) is 27.1. The van der Waals surface area contributed by atoms with E-state index in [0.29, 0.717) is 24.6 Å². The summed E-state index contributed by atoms with van der Waals surface area (Å²) in [5, 5.41) is 9.55. The van der Waals surface area contributed by atoms with Crippen LogP contribution in [0.15, 0.2) is 72.8 Å². The molecule has 0 aliphatic heterocycles. The van der Waals surface area contributed by atoms with Gasteiger partial charge in [-0.3, -0.25) is 14.5 Å².